The van der Waals surface area contributed by atoms with E-state index < -0.39 is 22.0 Å². The van der Waals surface area contributed by atoms with Gasteiger partial charge in [0.25, 0.3) is 0 Å². The van der Waals surface area contributed by atoms with Gasteiger partial charge in [-0.1, -0.05) is 54.1 Å². The van der Waals surface area contributed by atoms with Crippen molar-refractivity contribution in [3.8, 4) is 0 Å². The summed E-state index contributed by atoms with van der Waals surface area (Å²) in [6.07, 6.45) is 0.164. The van der Waals surface area contributed by atoms with Crippen LogP contribution in [0.4, 0.5) is 5.69 Å². The van der Waals surface area contributed by atoms with E-state index in [-0.39, 0.29) is 16.8 Å². The number of hydrogen-bond acceptors (Lipinski definition) is 6. The molecule has 0 fully saturated rings. The fraction of sp³-hybridized carbons (Fsp3) is 0.0952. The van der Waals surface area contributed by atoms with Crippen molar-refractivity contribution in [2.45, 2.75) is 17.4 Å². The molecule has 1 unspecified atom stereocenters. The molecule has 0 radical (unpaired) electrons. The van der Waals surface area contributed by atoms with Crippen molar-refractivity contribution in [3.05, 3.63) is 83.4 Å². The number of sulfonamides is 1. The predicted molar refractivity (Wildman–Crippen MR) is 122 cm³/mol. The summed E-state index contributed by atoms with van der Waals surface area (Å²) in [5.74, 6) is -0.502. The number of nitrogens with zero attached hydrogens (tertiary/aromatic N) is 2. The number of amides is 1. The van der Waals surface area contributed by atoms with Gasteiger partial charge in [-0.05, 0) is 42.3 Å². The second-order valence-corrected chi connectivity index (χ2v) is 9.40. The Labute approximate surface area is 188 Å². The molecule has 158 valence electrons. The van der Waals surface area contributed by atoms with Crippen LogP contribution >= 0.6 is 23.3 Å². The second-order valence-electron chi connectivity index (χ2n) is 6.75. The second kappa shape index (κ2) is 9.11. The molecule has 0 aliphatic carbocycles. The third-order valence-electron chi connectivity index (χ3n) is 4.53. The Balaban J connectivity index is 1.65. The Bertz CT molecular complexity index is 1330. The number of rotatable bonds is 7. The average Bonchev–Trinajstić information content (AvgIpc) is 3.22. The summed E-state index contributed by atoms with van der Waals surface area (Å²) in [7, 11) is -4.05. The fourth-order valence-electron chi connectivity index (χ4n) is 3.08. The van der Waals surface area contributed by atoms with Crippen molar-refractivity contribution < 1.29 is 13.2 Å². The van der Waals surface area contributed by atoms with E-state index in [2.05, 4.69) is 18.8 Å². The summed E-state index contributed by atoms with van der Waals surface area (Å²) in [6.45, 7) is 0. The minimum absolute atomic E-state index is 0.0210. The molecule has 0 saturated carbocycles. The summed E-state index contributed by atoms with van der Waals surface area (Å²) in [4.78, 5) is 13.0. The molecular formula is C21H17ClN4O3S2. The molecule has 10 heteroatoms. The Hall–Kier alpha value is -2.85. The van der Waals surface area contributed by atoms with Crippen molar-refractivity contribution in [2.75, 3.05) is 5.32 Å². The number of nitrogens with one attached hydrogen (secondary N) is 2. The van der Waals surface area contributed by atoms with Gasteiger partial charge in [0.1, 0.15) is 22.0 Å². The number of anilines is 1. The first-order valence-electron chi connectivity index (χ1n) is 9.26. The van der Waals surface area contributed by atoms with Crippen LogP contribution < -0.4 is 10.0 Å². The number of carbonyl (C=O) groups is 1. The predicted octanol–water partition coefficient (Wildman–Crippen LogP) is 3.87. The van der Waals surface area contributed by atoms with Gasteiger partial charge in [0, 0.05) is 10.7 Å². The smallest absolute Gasteiger partial charge is 0.243 e. The van der Waals surface area contributed by atoms with Gasteiger partial charge in [0.15, 0.2) is 0 Å². The summed E-state index contributed by atoms with van der Waals surface area (Å²) in [5, 5.41) is 3.19. The molecule has 0 aliphatic rings. The first-order chi connectivity index (χ1) is 14.9. The lowest BCUT2D eigenvalue weighted by molar-refractivity contribution is -0.117. The summed E-state index contributed by atoms with van der Waals surface area (Å²) < 4.78 is 37.1. The molecule has 4 aromatic rings. The van der Waals surface area contributed by atoms with Crippen LogP contribution in [0.15, 0.2) is 77.7 Å². The maximum atomic E-state index is 13.2. The Morgan fingerprint density at radius 3 is 2.55 bits per heavy atom. The maximum Gasteiger partial charge on any atom is 0.243 e. The molecular weight excluding hydrogens is 456 g/mol. The van der Waals surface area contributed by atoms with Gasteiger partial charge < -0.3 is 5.32 Å². The van der Waals surface area contributed by atoms with Gasteiger partial charge in [-0.25, -0.2) is 8.42 Å². The molecule has 1 atom stereocenters. The number of fused-ring (bicyclic) bond motifs is 1. The highest BCUT2D eigenvalue weighted by Crippen LogP contribution is 2.22. The van der Waals surface area contributed by atoms with Crippen LogP contribution in [-0.2, 0) is 21.2 Å². The van der Waals surface area contributed by atoms with Gasteiger partial charge >= 0.3 is 0 Å². The van der Waals surface area contributed by atoms with E-state index in [4.69, 9.17) is 11.6 Å². The van der Waals surface area contributed by atoms with Crippen molar-refractivity contribution >= 4 is 56.0 Å². The lowest BCUT2D eigenvalue weighted by Crippen LogP contribution is -2.45. The molecule has 31 heavy (non-hydrogen) atoms. The van der Waals surface area contributed by atoms with Crippen molar-refractivity contribution in [1.29, 1.82) is 0 Å². The minimum atomic E-state index is -4.05. The minimum Gasteiger partial charge on any atom is -0.325 e. The van der Waals surface area contributed by atoms with Gasteiger partial charge in [0.05, 0.1) is 11.7 Å². The van der Waals surface area contributed by atoms with Gasteiger partial charge in [0.2, 0.25) is 15.9 Å². The summed E-state index contributed by atoms with van der Waals surface area (Å²) >= 11 is 6.92. The highest BCUT2D eigenvalue weighted by atomic mass is 35.5. The van der Waals surface area contributed by atoms with E-state index in [1.165, 1.54) is 6.07 Å². The quantitative estimate of drug-likeness (QED) is 0.425. The van der Waals surface area contributed by atoms with Crippen molar-refractivity contribution in [2.24, 2.45) is 0 Å². The Morgan fingerprint density at radius 2 is 1.77 bits per heavy atom. The highest BCUT2D eigenvalue weighted by molar-refractivity contribution is 7.89. The van der Waals surface area contributed by atoms with Crippen LogP contribution in [0, 0.1) is 0 Å². The normalized spacial score (nSPS) is 12.5. The molecule has 4 rings (SSSR count). The first kappa shape index (κ1) is 21.4. The molecule has 3 aromatic carbocycles. The van der Waals surface area contributed by atoms with E-state index in [0.717, 1.165) is 17.3 Å². The van der Waals surface area contributed by atoms with Crippen LogP contribution in [0.2, 0.25) is 5.02 Å². The van der Waals surface area contributed by atoms with Crippen molar-refractivity contribution in [3.63, 3.8) is 0 Å². The van der Waals surface area contributed by atoms with E-state index >= 15 is 0 Å². The topological polar surface area (TPSA) is 101 Å². The van der Waals surface area contributed by atoms with E-state index in [9.17, 15) is 13.2 Å². The summed E-state index contributed by atoms with van der Waals surface area (Å²) in [6, 6.07) is 19.5. The molecule has 1 heterocycles. The van der Waals surface area contributed by atoms with Gasteiger partial charge in [-0.15, -0.1) is 0 Å². The zero-order chi connectivity index (χ0) is 21.8. The Kier molecular flexibility index (Phi) is 6.28. The lowest BCUT2D eigenvalue weighted by atomic mass is 10.1. The van der Waals surface area contributed by atoms with Crippen molar-refractivity contribution in [1.82, 2.24) is 13.5 Å². The molecule has 1 amide bonds. The first-order valence-corrected chi connectivity index (χ1v) is 11.9. The lowest BCUT2D eigenvalue weighted by Gasteiger charge is -2.19. The molecule has 0 spiro atoms. The van der Waals surface area contributed by atoms with Crippen LogP contribution in [0.1, 0.15) is 5.56 Å². The van der Waals surface area contributed by atoms with Crippen LogP contribution in [0.25, 0.3) is 11.0 Å². The molecule has 0 bridgehead atoms. The van der Waals surface area contributed by atoms with Gasteiger partial charge in [-0.2, -0.15) is 13.5 Å². The molecule has 2 N–H and O–H groups in total. The third kappa shape index (κ3) is 5.08. The third-order valence-corrected chi connectivity index (χ3v) is 6.81. The SMILES string of the molecule is O=C(Nc1cccc(Cl)c1)C(Cc1ccccc1)NS(=O)(=O)c1cccc2nsnc12. The number of benzene rings is 3. The number of halogens is 1. The molecule has 7 nitrogen and oxygen atoms in total. The number of carbonyl (C=O) groups excluding carboxylic acids is 1. The van der Waals surface area contributed by atoms with E-state index in [1.807, 2.05) is 30.3 Å². The zero-order valence-corrected chi connectivity index (χ0v) is 18.4. The zero-order valence-electron chi connectivity index (χ0n) is 16.0. The molecule has 1 aromatic heterocycles. The summed E-state index contributed by atoms with van der Waals surface area (Å²) in [5.41, 5.74) is 2.04. The fourth-order valence-corrected chi connectivity index (χ4v) is 5.23. The molecule has 0 saturated heterocycles. The number of hydrogen-bond donors (Lipinski definition) is 2. The largest absolute Gasteiger partial charge is 0.325 e. The van der Waals surface area contributed by atoms with Crippen LogP contribution in [0.3, 0.4) is 0 Å². The highest BCUT2D eigenvalue weighted by Gasteiger charge is 2.28. The van der Waals surface area contributed by atoms with Gasteiger partial charge in [-0.3, -0.25) is 4.79 Å². The van der Waals surface area contributed by atoms with Crippen LogP contribution in [0.5, 0.6) is 0 Å². The van der Waals surface area contributed by atoms with E-state index in [1.54, 1.807) is 36.4 Å². The van der Waals surface area contributed by atoms with Crippen LogP contribution in [-0.4, -0.2) is 29.1 Å². The Morgan fingerprint density at radius 1 is 1.00 bits per heavy atom. The number of aromatic nitrogens is 2. The van der Waals surface area contributed by atoms with E-state index in [0.29, 0.717) is 16.2 Å². The molecule has 0 aliphatic heterocycles. The monoisotopic (exact) mass is 472 g/mol. The standard InChI is InChI=1S/C21H17ClN4O3S2/c22-15-8-4-9-16(13-15)23-21(27)18(12-14-6-2-1-3-7-14)26-31(28,29)19-11-5-10-17-20(19)25-30-24-17/h1-11,13,18,26H,12H2,(H,23,27). The average molecular weight is 473 g/mol. The maximum absolute atomic E-state index is 13.2.